The van der Waals surface area contributed by atoms with Gasteiger partial charge in [0.25, 0.3) is 11.7 Å². The fourth-order valence-electron chi connectivity index (χ4n) is 4.22. The van der Waals surface area contributed by atoms with Crippen LogP contribution in [0.5, 0.6) is 11.5 Å². The summed E-state index contributed by atoms with van der Waals surface area (Å²) < 4.78 is 11.3. The highest BCUT2D eigenvalue weighted by Crippen LogP contribution is 2.43. The highest BCUT2D eigenvalue weighted by molar-refractivity contribution is 6.51. The van der Waals surface area contributed by atoms with Gasteiger partial charge in [0.05, 0.1) is 30.4 Å². The van der Waals surface area contributed by atoms with E-state index in [1.807, 2.05) is 45.0 Å². The Kier molecular flexibility index (Phi) is 7.15. The first kappa shape index (κ1) is 24.0. The number of aryl methyl sites for hydroxylation is 1. The predicted molar refractivity (Wildman–Crippen MR) is 134 cm³/mol. The van der Waals surface area contributed by atoms with E-state index in [-0.39, 0.29) is 11.3 Å². The van der Waals surface area contributed by atoms with E-state index in [0.717, 1.165) is 12.0 Å². The molecule has 1 aliphatic heterocycles. The number of carbonyl (C=O) groups excluding carboxylic acids is 2. The van der Waals surface area contributed by atoms with E-state index in [0.29, 0.717) is 41.5 Å². The van der Waals surface area contributed by atoms with Crippen molar-refractivity contribution in [3.63, 3.8) is 0 Å². The lowest BCUT2D eigenvalue weighted by atomic mass is 9.95. The SMILES string of the molecule is CCOc1ccc(/C(O)=C2/C(=O)C(=O)N(c3ccc(CC)cc3)C2c2cccnc2)c(OCC)c1. The minimum absolute atomic E-state index is 0.0207. The Hall–Kier alpha value is -4.13. The molecular formula is C28H28N2O5. The molecule has 0 bridgehead atoms. The number of ketones is 1. The third-order valence-electron chi connectivity index (χ3n) is 5.89. The number of benzene rings is 2. The summed E-state index contributed by atoms with van der Waals surface area (Å²) in [5.74, 6) is -0.857. The number of rotatable bonds is 8. The molecule has 2 heterocycles. The van der Waals surface area contributed by atoms with Gasteiger partial charge in [0.1, 0.15) is 17.3 Å². The number of nitrogens with zero attached hydrogens (tertiary/aromatic N) is 2. The van der Waals surface area contributed by atoms with Crippen molar-refractivity contribution >= 4 is 23.1 Å². The highest BCUT2D eigenvalue weighted by atomic mass is 16.5. The van der Waals surface area contributed by atoms with Crippen LogP contribution < -0.4 is 14.4 Å². The van der Waals surface area contributed by atoms with E-state index in [2.05, 4.69) is 4.98 Å². The third kappa shape index (κ3) is 4.62. The van der Waals surface area contributed by atoms with Gasteiger partial charge in [-0.15, -0.1) is 0 Å². The van der Waals surface area contributed by atoms with Crippen molar-refractivity contribution in [2.45, 2.75) is 33.2 Å². The average molecular weight is 473 g/mol. The Bertz CT molecular complexity index is 1250. The molecule has 1 amide bonds. The van der Waals surface area contributed by atoms with Gasteiger partial charge in [-0.25, -0.2) is 0 Å². The molecule has 0 aliphatic carbocycles. The molecule has 1 saturated heterocycles. The molecule has 0 saturated carbocycles. The first-order chi connectivity index (χ1) is 17.0. The zero-order chi connectivity index (χ0) is 24.9. The van der Waals surface area contributed by atoms with Crippen LogP contribution in [0, 0.1) is 0 Å². The molecule has 7 heteroatoms. The summed E-state index contributed by atoms with van der Waals surface area (Å²) in [4.78, 5) is 32.3. The lowest BCUT2D eigenvalue weighted by Crippen LogP contribution is -2.29. The van der Waals surface area contributed by atoms with Gasteiger partial charge in [0.2, 0.25) is 0 Å². The van der Waals surface area contributed by atoms with Gasteiger partial charge in [-0.1, -0.05) is 25.1 Å². The van der Waals surface area contributed by atoms with Crippen molar-refractivity contribution in [3.8, 4) is 11.5 Å². The van der Waals surface area contributed by atoms with Crippen LogP contribution in [-0.2, 0) is 16.0 Å². The van der Waals surface area contributed by atoms with Gasteiger partial charge in [0.15, 0.2) is 0 Å². The smallest absolute Gasteiger partial charge is 0.300 e. The minimum atomic E-state index is -0.850. The Morgan fingerprint density at radius 2 is 1.74 bits per heavy atom. The zero-order valence-electron chi connectivity index (χ0n) is 20.0. The average Bonchev–Trinajstić information content (AvgIpc) is 3.15. The Morgan fingerprint density at radius 3 is 2.37 bits per heavy atom. The summed E-state index contributed by atoms with van der Waals surface area (Å²) >= 11 is 0. The Balaban J connectivity index is 1.91. The van der Waals surface area contributed by atoms with Gasteiger partial charge < -0.3 is 14.6 Å². The van der Waals surface area contributed by atoms with E-state index < -0.39 is 17.7 Å². The van der Waals surface area contributed by atoms with Crippen molar-refractivity contribution in [1.82, 2.24) is 4.98 Å². The maximum atomic E-state index is 13.4. The lowest BCUT2D eigenvalue weighted by Gasteiger charge is -2.25. The van der Waals surface area contributed by atoms with Crippen LogP contribution in [0.1, 0.15) is 43.5 Å². The molecule has 0 spiro atoms. The van der Waals surface area contributed by atoms with Crippen LogP contribution in [0.15, 0.2) is 72.6 Å². The predicted octanol–water partition coefficient (Wildman–Crippen LogP) is 5.07. The molecule has 1 aromatic heterocycles. The largest absolute Gasteiger partial charge is 0.507 e. The molecule has 35 heavy (non-hydrogen) atoms. The van der Waals surface area contributed by atoms with Gasteiger partial charge in [0, 0.05) is 24.1 Å². The quantitative estimate of drug-likeness (QED) is 0.280. The lowest BCUT2D eigenvalue weighted by molar-refractivity contribution is -0.132. The molecule has 1 N–H and O–H groups in total. The third-order valence-corrected chi connectivity index (χ3v) is 5.89. The number of hydrogen-bond donors (Lipinski definition) is 1. The second-order valence-electron chi connectivity index (χ2n) is 8.00. The fourth-order valence-corrected chi connectivity index (χ4v) is 4.22. The number of aliphatic hydroxyl groups excluding tert-OH is 1. The maximum absolute atomic E-state index is 13.4. The second kappa shape index (κ2) is 10.4. The Labute approximate surface area is 204 Å². The van der Waals surface area contributed by atoms with Crippen molar-refractivity contribution in [2.75, 3.05) is 18.1 Å². The summed E-state index contributed by atoms with van der Waals surface area (Å²) in [5.41, 5.74) is 2.57. The molecule has 3 aromatic rings. The monoisotopic (exact) mass is 472 g/mol. The second-order valence-corrected chi connectivity index (χ2v) is 8.00. The minimum Gasteiger partial charge on any atom is -0.507 e. The van der Waals surface area contributed by atoms with Crippen molar-refractivity contribution in [3.05, 3.63) is 89.3 Å². The van der Waals surface area contributed by atoms with E-state index in [9.17, 15) is 14.7 Å². The molecule has 7 nitrogen and oxygen atoms in total. The topological polar surface area (TPSA) is 89.0 Å². The van der Waals surface area contributed by atoms with E-state index >= 15 is 0 Å². The molecule has 1 aliphatic rings. The summed E-state index contributed by atoms with van der Waals surface area (Å²) in [5, 5.41) is 11.5. The van der Waals surface area contributed by atoms with Crippen LogP contribution in [0.4, 0.5) is 5.69 Å². The summed E-state index contributed by atoms with van der Waals surface area (Å²) in [7, 11) is 0. The molecule has 0 radical (unpaired) electrons. The van der Waals surface area contributed by atoms with Crippen molar-refractivity contribution in [1.29, 1.82) is 0 Å². The normalized spacial score (nSPS) is 17.0. The number of anilines is 1. The molecular weight excluding hydrogens is 444 g/mol. The van der Waals surface area contributed by atoms with Crippen molar-refractivity contribution in [2.24, 2.45) is 0 Å². The number of aliphatic hydroxyl groups is 1. The molecule has 4 rings (SSSR count). The first-order valence-electron chi connectivity index (χ1n) is 11.7. The molecule has 2 aromatic carbocycles. The zero-order valence-corrected chi connectivity index (χ0v) is 20.0. The number of carbonyl (C=O) groups is 2. The van der Waals surface area contributed by atoms with Gasteiger partial charge in [-0.2, -0.15) is 0 Å². The maximum Gasteiger partial charge on any atom is 0.300 e. The summed E-state index contributed by atoms with van der Waals surface area (Å²) in [6.07, 6.45) is 4.06. The van der Waals surface area contributed by atoms with Crippen LogP contribution in [0.3, 0.4) is 0 Å². The molecule has 1 unspecified atom stereocenters. The van der Waals surface area contributed by atoms with Gasteiger partial charge >= 0.3 is 0 Å². The summed E-state index contributed by atoms with van der Waals surface area (Å²) in [6, 6.07) is 15.1. The highest BCUT2D eigenvalue weighted by Gasteiger charge is 2.47. The number of pyridine rings is 1. The number of amides is 1. The van der Waals surface area contributed by atoms with Gasteiger partial charge in [-0.05, 0) is 61.7 Å². The number of Topliss-reactive ketones (excluding diaryl/α,β-unsaturated/α-hetero) is 1. The number of hydrogen-bond acceptors (Lipinski definition) is 6. The number of ether oxygens (including phenoxy) is 2. The number of aromatic nitrogens is 1. The van der Waals surface area contributed by atoms with Crippen LogP contribution in [0.2, 0.25) is 0 Å². The van der Waals surface area contributed by atoms with E-state index in [1.165, 1.54) is 4.90 Å². The summed E-state index contributed by atoms with van der Waals surface area (Å²) in [6.45, 7) is 6.56. The molecule has 180 valence electrons. The van der Waals surface area contributed by atoms with Crippen molar-refractivity contribution < 1.29 is 24.2 Å². The van der Waals surface area contributed by atoms with E-state index in [4.69, 9.17) is 9.47 Å². The Morgan fingerprint density at radius 1 is 1.00 bits per heavy atom. The van der Waals surface area contributed by atoms with E-state index in [1.54, 1.807) is 42.7 Å². The van der Waals surface area contributed by atoms with Gasteiger partial charge in [-0.3, -0.25) is 19.5 Å². The standard InChI is InChI=1S/C28H28N2O5/c1-4-18-9-11-20(12-10-18)30-25(19-8-7-15-29-17-19)24(27(32)28(30)33)26(31)22-14-13-21(34-5-2)16-23(22)35-6-3/h7-17,25,31H,4-6H2,1-3H3/b26-24-. The van der Waals surface area contributed by atoms with Crippen LogP contribution >= 0.6 is 0 Å². The van der Waals surface area contributed by atoms with Crippen LogP contribution in [0.25, 0.3) is 5.76 Å². The first-order valence-corrected chi connectivity index (χ1v) is 11.7. The fraction of sp³-hybridized carbons (Fsp3) is 0.250. The molecule has 1 fully saturated rings. The molecule has 1 atom stereocenters. The van der Waals surface area contributed by atoms with Crippen LogP contribution in [-0.4, -0.2) is 35.0 Å².